The monoisotopic (exact) mass is 372 g/mol. The van der Waals surface area contributed by atoms with Crippen LogP contribution in [0.2, 0.25) is 0 Å². The number of nitrogens with zero attached hydrogens (tertiary/aromatic N) is 2. The van der Waals surface area contributed by atoms with Gasteiger partial charge in [-0.1, -0.05) is 47.6 Å². The summed E-state index contributed by atoms with van der Waals surface area (Å²) in [6.07, 6.45) is 0. The molecule has 1 heterocycles. The van der Waals surface area contributed by atoms with Crippen molar-refractivity contribution in [3.05, 3.63) is 83.9 Å². The van der Waals surface area contributed by atoms with E-state index in [4.69, 9.17) is 14.0 Å². The molecule has 140 valence electrons. The molecule has 4 aromatic rings. The van der Waals surface area contributed by atoms with Crippen LogP contribution in [0.1, 0.15) is 11.1 Å². The molecular weight excluding hydrogens is 352 g/mol. The van der Waals surface area contributed by atoms with Crippen molar-refractivity contribution in [1.29, 1.82) is 0 Å². The van der Waals surface area contributed by atoms with Gasteiger partial charge in [0.2, 0.25) is 5.82 Å². The Balaban J connectivity index is 1.56. The quantitative estimate of drug-likeness (QED) is 0.460. The van der Waals surface area contributed by atoms with Crippen LogP contribution in [-0.4, -0.2) is 17.3 Å². The Morgan fingerprint density at radius 3 is 2.43 bits per heavy atom. The van der Waals surface area contributed by atoms with E-state index in [0.717, 1.165) is 16.7 Å². The molecule has 0 unspecified atom stereocenters. The minimum Gasteiger partial charge on any atom is -0.493 e. The second-order valence-electron chi connectivity index (χ2n) is 6.37. The maximum Gasteiger partial charge on any atom is 0.258 e. The van der Waals surface area contributed by atoms with Crippen molar-refractivity contribution in [1.82, 2.24) is 10.1 Å². The van der Waals surface area contributed by atoms with Crippen molar-refractivity contribution in [2.24, 2.45) is 0 Å². The van der Waals surface area contributed by atoms with Crippen molar-refractivity contribution in [2.75, 3.05) is 7.11 Å². The van der Waals surface area contributed by atoms with E-state index in [1.807, 2.05) is 60.7 Å². The third kappa shape index (κ3) is 3.74. The van der Waals surface area contributed by atoms with Crippen LogP contribution < -0.4 is 9.47 Å². The molecule has 0 radical (unpaired) electrons. The predicted molar refractivity (Wildman–Crippen MR) is 107 cm³/mol. The Bertz CT molecular complexity index is 1070. The van der Waals surface area contributed by atoms with Crippen LogP contribution in [0.4, 0.5) is 0 Å². The zero-order valence-corrected chi connectivity index (χ0v) is 15.8. The first kappa shape index (κ1) is 17.8. The van der Waals surface area contributed by atoms with Gasteiger partial charge in [-0.25, -0.2) is 0 Å². The lowest BCUT2D eigenvalue weighted by molar-refractivity contribution is 0.284. The molecule has 5 nitrogen and oxygen atoms in total. The van der Waals surface area contributed by atoms with E-state index in [0.29, 0.717) is 29.8 Å². The number of hydrogen-bond donors (Lipinski definition) is 0. The first-order valence-corrected chi connectivity index (χ1v) is 8.99. The van der Waals surface area contributed by atoms with E-state index in [1.165, 1.54) is 5.56 Å². The number of aromatic nitrogens is 2. The third-order valence-electron chi connectivity index (χ3n) is 4.51. The van der Waals surface area contributed by atoms with E-state index >= 15 is 0 Å². The molecule has 0 saturated carbocycles. The van der Waals surface area contributed by atoms with Gasteiger partial charge >= 0.3 is 0 Å². The number of hydrogen-bond acceptors (Lipinski definition) is 5. The molecule has 5 heteroatoms. The highest BCUT2D eigenvalue weighted by Gasteiger charge is 2.13. The fourth-order valence-electron chi connectivity index (χ4n) is 2.89. The van der Waals surface area contributed by atoms with Gasteiger partial charge < -0.3 is 14.0 Å². The van der Waals surface area contributed by atoms with Crippen molar-refractivity contribution in [2.45, 2.75) is 13.5 Å². The maximum absolute atomic E-state index is 5.97. The van der Waals surface area contributed by atoms with E-state index in [9.17, 15) is 0 Å². The van der Waals surface area contributed by atoms with Gasteiger partial charge in [0.1, 0.15) is 6.61 Å². The summed E-state index contributed by atoms with van der Waals surface area (Å²) in [7, 11) is 1.62. The standard InChI is InChI=1S/C23H20N2O3/c1-16-8-6-7-11-19(16)15-27-20-13-12-18(14-21(20)26-2)22-24-23(28-25-22)17-9-4-3-5-10-17/h3-14H,15H2,1-2H3. The molecule has 0 atom stereocenters. The first-order valence-electron chi connectivity index (χ1n) is 8.99. The number of benzene rings is 3. The highest BCUT2D eigenvalue weighted by Crippen LogP contribution is 2.33. The predicted octanol–water partition coefficient (Wildman–Crippen LogP) is 5.30. The molecule has 0 saturated heterocycles. The summed E-state index contributed by atoms with van der Waals surface area (Å²) in [5.74, 6) is 2.27. The third-order valence-corrected chi connectivity index (χ3v) is 4.51. The average molecular weight is 372 g/mol. The summed E-state index contributed by atoms with van der Waals surface area (Å²) in [6, 6.07) is 23.4. The normalized spacial score (nSPS) is 10.6. The van der Waals surface area contributed by atoms with E-state index in [2.05, 4.69) is 29.2 Å². The summed E-state index contributed by atoms with van der Waals surface area (Å²) < 4.78 is 16.9. The van der Waals surface area contributed by atoms with Gasteiger partial charge in [0.25, 0.3) is 5.89 Å². The fourth-order valence-corrected chi connectivity index (χ4v) is 2.89. The minimum absolute atomic E-state index is 0.475. The molecule has 0 aliphatic heterocycles. The molecule has 0 fully saturated rings. The topological polar surface area (TPSA) is 57.4 Å². The molecule has 0 aliphatic carbocycles. The molecule has 1 aromatic heterocycles. The maximum atomic E-state index is 5.97. The summed E-state index contributed by atoms with van der Waals surface area (Å²) >= 11 is 0. The molecule has 4 rings (SSSR count). The van der Waals surface area contributed by atoms with Crippen LogP contribution in [0.25, 0.3) is 22.8 Å². The highest BCUT2D eigenvalue weighted by atomic mass is 16.5. The molecule has 0 spiro atoms. The highest BCUT2D eigenvalue weighted by molar-refractivity contribution is 5.63. The number of ether oxygens (including phenoxy) is 2. The van der Waals surface area contributed by atoms with Gasteiger partial charge in [0.05, 0.1) is 7.11 Å². The molecule has 3 aromatic carbocycles. The smallest absolute Gasteiger partial charge is 0.258 e. The Morgan fingerprint density at radius 2 is 1.64 bits per heavy atom. The zero-order valence-electron chi connectivity index (χ0n) is 15.8. The Kier molecular flexibility index (Phi) is 5.06. The Hall–Kier alpha value is -3.60. The first-order chi connectivity index (χ1) is 13.7. The lowest BCUT2D eigenvalue weighted by Crippen LogP contribution is -1.99. The zero-order chi connectivity index (χ0) is 19.3. The summed E-state index contributed by atoms with van der Waals surface area (Å²) in [4.78, 5) is 4.49. The van der Waals surface area contributed by atoms with Gasteiger partial charge in [0, 0.05) is 11.1 Å². The summed E-state index contributed by atoms with van der Waals surface area (Å²) in [6.45, 7) is 2.54. The second-order valence-corrected chi connectivity index (χ2v) is 6.37. The summed E-state index contributed by atoms with van der Waals surface area (Å²) in [5, 5.41) is 4.09. The molecular formula is C23H20N2O3. The van der Waals surface area contributed by atoms with Gasteiger partial charge in [-0.15, -0.1) is 0 Å². The van der Waals surface area contributed by atoms with Gasteiger partial charge in [-0.2, -0.15) is 4.98 Å². The van der Waals surface area contributed by atoms with Crippen molar-refractivity contribution in [3.63, 3.8) is 0 Å². The Morgan fingerprint density at radius 1 is 0.857 bits per heavy atom. The van der Waals surface area contributed by atoms with Crippen molar-refractivity contribution in [3.8, 4) is 34.3 Å². The van der Waals surface area contributed by atoms with Crippen LogP contribution in [0.3, 0.4) is 0 Å². The molecule has 0 aliphatic rings. The van der Waals surface area contributed by atoms with Crippen molar-refractivity contribution >= 4 is 0 Å². The van der Waals surface area contributed by atoms with Crippen LogP contribution in [0.15, 0.2) is 77.3 Å². The van der Waals surface area contributed by atoms with Gasteiger partial charge in [-0.3, -0.25) is 0 Å². The van der Waals surface area contributed by atoms with E-state index in [-0.39, 0.29) is 0 Å². The molecule has 0 amide bonds. The lowest BCUT2D eigenvalue weighted by atomic mass is 10.1. The number of rotatable bonds is 6. The second kappa shape index (κ2) is 7.96. The molecule has 0 N–H and O–H groups in total. The van der Waals surface area contributed by atoms with E-state index < -0.39 is 0 Å². The fraction of sp³-hybridized carbons (Fsp3) is 0.130. The van der Waals surface area contributed by atoms with Gasteiger partial charge in [0.15, 0.2) is 11.5 Å². The van der Waals surface area contributed by atoms with Crippen LogP contribution >= 0.6 is 0 Å². The van der Waals surface area contributed by atoms with Crippen molar-refractivity contribution < 1.29 is 14.0 Å². The van der Waals surface area contributed by atoms with E-state index in [1.54, 1.807) is 7.11 Å². The number of aryl methyl sites for hydroxylation is 1. The lowest BCUT2D eigenvalue weighted by Gasteiger charge is -2.12. The minimum atomic E-state index is 0.475. The summed E-state index contributed by atoms with van der Waals surface area (Å²) in [5.41, 5.74) is 4.01. The van der Waals surface area contributed by atoms with Crippen LogP contribution in [-0.2, 0) is 6.61 Å². The molecule has 0 bridgehead atoms. The largest absolute Gasteiger partial charge is 0.493 e. The van der Waals surface area contributed by atoms with Crippen LogP contribution in [0.5, 0.6) is 11.5 Å². The average Bonchev–Trinajstić information content (AvgIpc) is 3.24. The molecule has 28 heavy (non-hydrogen) atoms. The van der Waals surface area contributed by atoms with Gasteiger partial charge in [-0.05, 0) is 48.4 Å². The van der Waals surface area contributed by atoms with Crippen LogP contribution in [0, 0.1) is 6.92 Å². The Labute approximate surface area is 163 Å². The SMILES string of the molecule is COc1cc(-c2noc(-c3ccccc3)n2)ccc1OCc1ccccc1C. The number of methoxy groups -OCH3 is 1.